The summed E-state index contributed by atoms with van der Waals surface area (Å²) in [5, 5.41) is 1.95. The molecular formula is C13H18N2O. The second-order valence-electron chi connectivity index (χ2n) is 4.35. The van der Waals surface area contributed by atoms with Crippen molar-refractivity contribution in [3.8, 4) is 0 Å². The molecule has 1 amide bonds. The van der Waals surface area contributed by atoms with Crippen LogP contribution < -0.4 is 10.4 Å². The average Bonchev–Trinajstić information content (AvgIpc) is 2.68. The zero-order chi connectivity index (χ0) is 11.6. The van der Waals surface area contributed by atoms with Crippen LogP contribution in [0.3, 0.4) is 0 Å². The molecule has 1 aromatic rings. The van der Waals surface area contributed by atoms with Crippen molar-refractivity contribution in [1.82, 2.24) is 5.43 Å². The number of hydrogen-bond donors (Lipinski definition) is 1. The topological polar surface area (TPSA) is 32.3 Å². The van der Waals surface area contributed by atoms with E-state index in [-0.39, 0.29) is 11.3 Å². The highest BCUT2D eigenvalue weighted by Crippen LogP contribution is 2.33. The van der Waals surface area contributed by atoms with Gasteiger partial charge in [-0.05, 0) is 25.0 Å². The van der Waals surface area contributed by atoms with Crippen LogP contribution in [0, 0.1) is 5.41 Å². The van der Waals surface area contributed by atoms with Crippen molar-refractivity contribution in [3.63, 3.8) is 0 Å². The number of carbonyl (C=O) groups excluding carboxylic acids is 1. The highest BCUT2D eigenvalue weighted by Gasteiger charge is 2.43. The summed E-state index contributed by atoms with van der Waals surface area (Å²) in [4.78, 5) is 12.0. The molecule has 3 nitrogen and oxygen atoms in total. The van der Waals surface area contributed by atoms with Gasteiger partial charge in [0.2, 0.25) is 5.91 Å². The van der Waals surface area contributed by atoms with Crippen molar-refractivity contribution < 1.29 is 4.79 Å². The molecule has 2 rings (SSSR count). The molecule has 0 radical (unpaired) electrons. The van der Waals surface area contributed by atoms with Crippen LogP contribution >= 0.6 is 0 Å². The van der Waals surface area contributed by atoms with E-state index in [1.165, 1.54) is 0 Å². The minimum Gasteiger partial charge on any atom is -0.284 e. The van der Waals surface area contributed by atoms with Gasteiger partial charge in [0.15, 0.2) is 0 Å². The molecule has 0 spiro atoms. The fraction of sp³-hybridized carbons (Fsp3) is 0.462. The molecule has 3 heteroatoms. The van der Waals surface area contributed by atoms with E-state index in [1.807, 2.05) is 35.3 Å². The summed E-state index contributed by atoms with van der Waals surface area (Å²) in [5.41, 5.74) is 3.80. The third kappa shape index (κ3) is 1.66. The summed E-state index contributed by atoms with van der Waals surface area (Å²) in [6.07, 6.45) is 1.78. The molecule has 0 aliphatic carbocycles. The Bertz CT molecular complexity index is 371. The zero-order valence-corrected chi connectivity index (χ0v) is 9.86. The van der Waals surface area contributed by atoms with Crippen LogP contribution in [0.1, 0.15) is 26.7 Å². The van der Waals surface area contributed by atoms with Crippen molar-refractivity contribution in [1.29, 1.82) is 0 Å². The van der Waals surface area contributed by atoms with E-state index < -0.39 is 0 Å². The van der Waals surface area contributed by atoms with Gasteiger partial charge < -0.3 is 0 Å². The van der Waals surface area contributed by atoms with E-state index in [2.05, 4.69) is 19.3 Å². The maximum absolute atomic E-state index is 12.0. The minimum absolute atomic E-state index is 0.154. The van der Waals surface area contributed by atoms with Crippen LogP contribution in [0.5, 0.6) is 0 Å². The molecule has 1 heterocycles. The summed E-state index contributed by atoms with van der Waals surface area (Å²) >= 11 is 0. The number of benzene rings is 1. The largest absolute Gasteiger partial charge is 0.284 e. The molecule has 0 aromatic heterocycles. The van der Waals surface area contributed by atoms with Crippen LogP contribution in [0.2, 0.25) is 0 Å². The van der Waals surface area contributed by atoms with Gasteiger partial charge >= 0.3 is 0 Å². The van der Waals surface area contributed by atoms with E-state index >= 15 is 0 Å². The van der Waals surface area contributed by atoms with Gasteiger partial charge in [0, 0.05) is 0 Å². The molecule has 1 aliphatic heterocycles. The van der Waals surface area contributed by atoms with Gasteiger partial charge in [-0.1, -0.05) is 32.0 Å². The maximum Gasteiger partial charge on any atom is 0.246 e. The Morgan fingerprint density at radius 1 is 1.25 bits per heavy atom. The molecule has 16 heavy (non-hydrogen) atoms. The normalized spacial score (nSPS) is 18.6. The van der Waals surface area contributed by atoms with Crippen LogP contribution in [0.25, 0.3) is 0 Å². The number of anilines is 1. The summed E-state index contributed by atoms with van der Waals surface area (Å²) in [6.45, 7) is 4.93. The molecule has 1 aromatic carbocycles. The second kappa shape index (κ2) is 4.16. The average molecular weight is 218 g/mol. The summed E-state index contributed by atoms with van der Waals surface area (Å²) < 4.78 is 0. The predicted octanol–water partition coefficient (Wildman–Crippen LogP) is 2.34. The third-order valence-corrected chi connectivity index (χ3v) is 3.60. The predicted molar refractivity (Wildman–Crippen MR) is 64.9 cm³/mol. The first-order chi connectivity index (χ1) is 7.72. The smallest absolute Gasteiger partial charge is 0.246 e. The van der Waals surface area contributed by atoms with Crippen LogP contribution in [0.15, 0.2) is 30.3 Å². The lowest BCUT2D eigenvalue weighted by Crippen LogP contribution is -2.33. The van der Waals surface area contributed by atoms with Crippen molar-refractivity contribution in [2.24, 2.45) is 5.41 Å². The lowest BCUT2D eigenvalue weighted by atomic mass is 9.82. The number of nitrogens with one attached hydrogen (secondary N) is 1. The van der Waals surface area contributed by atoms with Crippen molar-refractivity contribution in [2.75, 3.05) is 11.6 Å². The Hall–Kier alpha value is -1.51. The van der Waals surface area contributed by atoms with Gasteiger partial charge in [0.25, 0.3) is 0 Å². The maximum atomic E-state index is 12.0. The Kier molecular flexibility index (Phi) is 2.86. The van der Waals surface area contributed by atoms with E-state index in [4.69, 9.17) is 0 Å². The second-order valence-corrected chi connectivity index (χ2v) is 4.35. The van der Waals surface area contributed by atoms with Gasteiger partial charge in [-0.25, -0.2) is 0 Å². The Morgan fingerprint density at radius 3 is 2.38 bits per heavy atom. The summed E-state index contributed by atoms with van der Waals surface area (Å²) in [6, 6.07) is 9.98. The first-order valence-corrected chi connectivity index (χ1v) is 5.85. The molecule has 0 bridgehead atoms. The lowest BCUT2D eigenvalue weighted by molar-refractivity contribution is -0.127. The van der Waals surface area contributed by atoms with E-state index in [9.17, 15) is 4.79 Å². The Balaban J connectivity index is 2.22. The monoisotopic (exact) mass is 218 g/mol. The van der Waals surface area contributed by atoms with Crippen molar-refractivity contribution >= 4 is 11.6 Å². The molecule has 0 saturated carbocycles. The van der Waals surface area contributed by atoms with E-state index in [1.54, 1.807) is 0 Å². The van der Waals surface area contributed by atoms with Crippen LogP contribution in [-0.2, 0) is 4.79 Å². The molecule has 86 valence electrons. The summed E-state index contributed by atoms with van der Waals surface area (Å²) in [5.74, 6) is 0.154. The minimum atomic E-state index is -0.212. The molecule has 1 saturated heterocycles. The number of amides is 1. The van der Waals surface area contributed by atoms with Gasteiger partial charge in [-0.3, -0.25) is 15.2 Å². The number of hydrazine groups is 1. The number of hydrogen-bond acceptors (Lipinski definition) is 2. The number of rotatable bonds is 3. The molecule has 1 N–H and O–H groups in total. The number of para-hydroxylation sites is 1. The number of carbonyl (C=O) groups is 1. The third-order valence-electron chi connectivity index (χ3n) is 3.60. The van der Waals surface area contributed by atoms with E-state index in [0.29, 0.717) is 0 Å². The van der Waals surface area contributed by atoms with Crippen LogP contribution in [-0.4, -0.2) is 12.5 Å². The highest BCUT2D eigenvalue weighted by atomic mass is 16.2. The fourth-order valence-corrected chi connectivity index (χ4v) is 2.21. The molecule has 1 aliphatic rings. The number of nitrogens with zero attached hydrogens (tertiary/aromatic N) is 1. The lowest BCUT2D eigenvalue weighted by Gasteiger charge is -2.22. The SMILES string of the molecule is CCC1(CC)CN(c2ccccc2)NC1=O. The Labute approximate surface area is 96.4 Å². The molecule has 0 unspecified atom stereocenters. The quantitative estimate of drug-likeness (QED) is 0.844. The first-order valence-electron chi connectivity index (χ1n) is 5.85. The standard InChI is InChI=1S/C13H18N2O/c1-3-13(4-2)10-15(14-12(13)16)11-8-6-5-7-9-11/h5-9H,3-4,10H2,1-2H3,(H,14,16). The van der Waals surface area contributed by atoms with Crippen molar-refractivity contribution in [3.05, 3.63) is 30.3 Å². The van der Waals surface area contributed by atoms with Crippen LogP contribution in [0.4, 0.5) is 5.69 Å². The van der Waals surface area contributed by atoms with E-state index in [0.717, 1.165) is 25.1 Å². The molecular weight excluding hydrogens is 200 g/mol. The summed E-state index contributed by atoms with van der Waals surface area (Å²) in [7, 11) is 0. The first kappa shape index (κ1) is 11.0. The molecule has 0 atom stereocenters. The highest BCUT2D eigenvalue weighted by molar-refractivity contribution is 5.87. The van der Waals surface area contributed by atoms with Gasteiger partial charge in [0.05, 0.1) is 17.6 Å². The fourth-order valence-electron chi connectivity index (χ4n) is 2.21. The van der Waals surface area contributed by atoms with Gasteiger partial charge in [-0.2, -0.15) is 0 Å². The zero-order valence-electron chi connectivity index (χ0n) is 9.86. The van der Waals surface area contributed by atoms with Gasteiger partial charge in [-0.15, -0.1) is 0 Å². The Morgan fingerprint density at radius 2 is 1.88 bits per heavy atom. The molecule has 1 fully saturated rings. The van der Waals surface area contributed by atoms with Gasteiger partial charge in [0.1, 0.15) is 0 Å². The van der Waals surface area contributed by atoms with Crippen molar-refractivity contribution in [2.45, 2.75) is 26.7 Å².